The number of carbonyl (C=O) groups excluding carboxylic acids is 1. The van der Waals surface area contributed by atoms with Gasteiger partial charge in [0, 0.05) is 11.4 Å². The van der Waals surface area contributed by atoms with Crippen molar-refractivity contribution in [1.29, 1.82) is 0 Å². The fraction of sp³-hybridized carbons (Fsp3) is 0.0476. The second-order valence-corrected chi connectivity index (χ2v) is 8.35. The molecule has 1 aliphatic rings. The van der Waals surface area contributed by atoms with Crippen LogP contribution in [0.5, 0.6) is 0 Å². The van der Waals surface area contributed by atoms with Crippen LogP contribution in [-0.4, -0.2) is 19.3 Å². The lowest BCUT2D eigenvalue weighted by Crippen LogP contribution is -2.14. The number of benzene rings is 3. The van der Waals surface area contributed by atoms with E-state index in [4.69, 9.17) is 4.42 Å². The number of nitrogens with one attached hydrogen (secondary N) is 2. The first-order valence-electron chi connectivity index (χ1n) is 8.89. The Bertz CT molecular complexity index is 1310. The van der Waals surface area contributed by atoms with E-state index in [-0.39, 0.29) is 16.7 Å². The number of fused-ring (bicyclic) bond motifs is 2. The topological polar surface area (TPSA) is 101 Å². The molecule has 4 aromatic rings. The Balaban J connectivity index is 1.53. The minimum Gasteiger partial charge on any atom is -0.439 e. The Kier molecular flexibility index (Phi) is 3.88. The Morgan fingerprint density at radius 3 is 2.52 bits per heavy atom. The monoisotopic (exact) mass is 405 g/mol. The quantitative estimate of drug-likeness (QED) is 0.539. The molecule has 144 valence electrons. The summed E-state index contributed by atoms with van der Waals surface area (Å²) in [5.74, 6) is -0.751. The van der Waals surface area contributed by atoms with Crippen LogP contribution in [0.3, 0.4) is 0 Å². The van der Waals surface area contributed by atoms with Crippen LogP contribution in [0.15, 0.2) is 82.1 Å². The van der Waals surface area contributed by atoms with Gasteiger partial charge in [-0.25, -0.2) is 13.4 Å². The number of rotatable bonds is 4. The molecule has 0 aliphatic carbocycles. The van der Waals surface area contributed by atoms with Crippen molar-refractivity contribution in [3.63, 3.8) is 0 Å². The van der Waals surface area contributed by atoms with Gasteiger partial charge >= 0.3 is 0 Å². The molecule has 0 radical (unpaired) electrons. The van der Waals surface area contributed by atoms with Gasteiger partial charge in [0.25, 0.3) is 10.0 Å². The van der Waals surface area contributed by atoms with E-state index >= 15 is 0 Å². The van der Waals surface area contributed by atoms with Crippen LogP contribution in [0.25, 0.3) is 11.1 Å². The van der Waals surface area contributed by atoms with Crippen molar-refractivity contribution in [2.24, 2.45) is 0 Å². The second-order valence-electron chi connectivity index (χ2n) is 6.66. The predicted molar refractivity (Wildman–Crippen MR) is 108 cm³/mol. The Labute approximate surface area is 166 Å². The summed E-state index contributed by atoms with van der Waals surface area (Å²) in [6.45, 7) is 0. The van der Waals surface area contributed by atoms with Crippen molar-refractivity contribution in [2.45, 2.75) is 10.8 Å². The van der Waals surface area contributed by atoms with Crippen molar-refractivity contribution >= 4 is 38.4 Å². The molecule has 0 spiro atoms. The van der Waals surface area contributed by atoms with E-state index < -0.39 is 15.9 Å². The third-order valence-electron chi connectivity index (χ3n) is 4.75. The van der Waals surface area contributed by atoms with E-state index in [9.17, 15) is 13.2 Å². The number of anilines is 2. The largest absolute Gasteiger partial charge is 0.439 e. The van der Waals surface area contributed by atoms with Gasteiger partial charge < -0.3 is 9.73 Å². The van der Waals surface area contributed by atoms with Gasteiger partial charge in [-0.15, -0.1) is 0 Å². The first-order valence-corrected chi connectivity index (χ1v) is 10.4. The normalized spacial score (nSPS) is 15.9. The number of para-hydroxylation sites is 2. The molecule has 0 fully saturated rings. The number of amides is 1. The van der Waals surface area contributed by atoms with Crippen molar-refractivity contribution in [2.75, 3.05) is 10.0 Å². The van der Waals surface area contributed by atoms with Gasteiger partial charge in [0.05, 0.1) is 4.90 Å². The van der Waals surface area contributed by atoms with Crippen LogP contribution >= 0.6 is 0 Å². The maximum absolute atomic E-state index is 12.6. The lowest BCUT2D eigenvalue weighted by atomic mass is 10.0. The average molecular weight is 405 g/mol. The SMILES string of the molecule is O=C1Nc2ccc(NS(=O)(=O)c3ccccc3)cc2C1c1nc2ccccc2o1. The molecule has 29 heavy (non-hydrogen) atoms. The summed E-state index contributed by atoms with van der Waals surface area (Å²) >= 11 is 0. The highest BCUT2D eigenvalue weighted by Gasteiger charge is 2.36. The summed E-state index contributed by atoms with van der Waals surface area (Å²) in [6.07, 6.45) is 0. The van der Waals surface area contributed by atoms with E-state index in [1.165, 1.54) is 12.1 Å². The van der Waals surface area contributed by atoms with Crippen LogP contribution in [0.4, 0.5) is 11.4 Å². The fourth-order valence-corrected chi connectivity index (χ4v) is 4.47. The molecule has 2 heterocycles. The molecule has 0 saturated carbocycles. The number of sulfonamides is 1. The van der Waals surface area contributed by atoms with E-state index in [1.54, 1.807) is 48.5 Å². The Hall–Kier alpha value is -3.65. The lowest BCUT2D eigenvalue weighted by Gasteiger charge is -2.10. The van der Waals surface area contributed by atoms with Gasteiger partial charge in [-0.2, -0.15) is 0 Å². The molecular formula is C21H15N3O4S. The van der Waals surface area contributed by atoms with E-state index in [2.05, 4.69) is 15.0 Å². The molecule has 1 unspecified atom stereocenters. The number of hydrogen-bond acceptors (Lipinski definition) is 5. The van der Waals surface area contributed by atoms with Gasteiger partial charge in [0.2, 0.25) is 11.8 Å². The van der Waals surface area contributed by atoms with Crippen LogP contribution in [-0.2, 0) is 14.8 Å². The highest BCUT2D eigenvalue weighted by atomic mass is 32.2. The first-order chi connectivity index (χ1) is 14.0. The number of nitrogens with zero attached hydrogens (tertiary/aromatic N) is 1. The number of aromatic nitrogens is 1. The van der Waals surface area contributed by atoms with Gasteiger partial charge in [-0.1, -0.05) is 30.3 Å². The Morgan fingerprint density at radius 2 is 1.72 bits per heavy atom. The average Bonchev–Trinajstić information content (AvgIpc) is 3.27. The predicted octanol–water partition coefficient (Wildman–Crippen LogP) is 3.71. The highest BCUT2D eigenvalue weighted by molar-refractivity contribution is 7.92. The maximum Gasteiger partial charge on any atom is 0.261 e. The molecular weight excluding hydrogens is 390 g/mol. The highest BCUT2D eigenvalue weighted by Crippen LogP contribution is 2.39. The third-order valence-corrected chi connectivity index (χ3v) is 6.14. The summed E-state index contributed by atoms with van der Waals surface area (Å²) in [7, 11) is -3.74. The molecule has 7 nitrogen and oxygen atoms in total. The summed E-state index contributed by atoms with van der Waals surface area (Å²) in [5.41, 5.74) is 2.80. The molecule has 8 heteroatoms. The molecule has 1 aliphatic heterocycles. The molecule has 1 amide bonds. The molecule has 3 aromatic carbocycles. The fourth-order valence-electron chi connectivity index (χ4n) is 3.40. The van der Waals surface area contributed by atoms with Gasteiger partial charge in [0.15, 0.2) is 5.58 Å². The molecule has 1 atom stereocenters. The molecule has 1 aromatic heterocycles. The summed E-state index contributed by atoms with van der Waals surface area (Å²) in [5, 5.41) is 2.80. The number of carbonyl (C=O) groups is 1. The smallest absolute Gasteiger partial charge is 0.261 e. The van der Waals surface area contributed by atoms with Crippen molar-refractivity contribution in [1.82, 2.24) is 4.98 Å². The molecule has 0 saturated heterocycles. The van der Waals surface area contributed by atoms with Crippen LogP contribution in [0.1, 0.15) is 17.4 Å². The van der Waals surface area contributed by atoms with E-state index in [0.29, 0.717) is 28.0 Å². The summed E-state index contributed by atoms with van der Waals surface area (Å²) < 4.78 is 33.6. The van der Waals surface area contributed by atoms with Crippen molar-refractivity contribution in [3.8, 4) is 0 Å². The van der Waals surface area contributed by atoms with Gasteiger partial charge in [0.1, 0.15) is 11.4 Å². The molecule has 5 rings (SSSR count). The van der Waals surface area contributed by atoms with Crippen LogP contribution in [0.2, 0.25) is 0 Å². The van der Waals surface area contributed by atoms with Gasteiger partial charge in [-0.05, 0) is 48.0 Å². The summed E-state index contributed by atoms with van der Waals surface area (Å²) in [4.78, 5) is 17.2. The first kappa shape index (κ1) is 17.4. The van der Waals surface area contributed by atoms with E-state index in [0.717, 1.165) is 0 Å². The zero-order chi connectivity index (χ0) is 20.0. The van der Waals surface area contributed by atoms with Crippen molar-refractivity contribution < 1.29 is 17.6 Å². The minimum absolute atomic E-state index is 0.158. The second kappa shape index (κ2) is 6.46. The maximum atomic E-state index is 12.6. The third kappa shape index (κ3) is 3.03. The minimum atomic E-state index is -3.74. The summed E-state index contributed by atoms with van der Waals surface area (Å²) in [6, 6.07) is 20.3. The lowest BCUT2D eigenvalue weighted by molar-refractivity contribution is -0.116. The molecule has 0 bridgehead atoms. The number of hydrogen-bond donors (Lipinski definition) is 2. The zero-order valence-electron chi connectivity index (χ0n) is 15.0. The molecule has 2 N–H and O–H groups in total. The number of oxazole rings is 1. The van der Waals surface area contributed by atoms with Gasteiger partial charge in [-0.3, -0.25) is 9.52 Å². The van der Waals surface area contributed by atoms with Crippen molar-refractivity contribution in [3.05, 3.63) is 84.3 Å². The van der Waals surface area contributed by atoms with E-state index in [1.807, 2.05) is 12.1 Å². The standard InChI is InChI=1S/C21H15N3O4S/c25-20-19(21-23-17-8-4-5-9-18(17)28-21)15-12-13(10-11-16(15)22-20)24-29(26,27)14-6-2-1-3-7-14/h1-12,19,24H,(H,22,25). The van der Waals surface area contributed by atoms with Crippen LogP contribution < -0.4 is 10.0 Å². The Morgan fingerprint density at radius 1 is 0.966 bits per heavy atom. The van der Waals surface area contributed by atoms with Crippen LogP contribution in [0, 0.1) is 0 Å². The zero-order valence-corrected chi connectivity index (χ0v) is 15.8.